The number of hydrazone groups is 1. The molecule has 0 bridgehead atoms. The quantitative estimate of drug-likeness (QED) is 0.352. The molecule has 0 atom stereocenters. The Morgan fingerprint density at radius 1 is 1.03 bits per heavy atom. The molecule has 0 saturated heterocycles. The maximum Gasteiger partial charge on any atom is 0.289 e. The predicted octanol–water partition coefficient (Wildman–Crippen LogP) is 3.52. The molecule has 0 aliphatic rings. The van der Waals surface area contributed by atoms with Crippen LogP contribution in [0.1, 0.15) is 48.3 Å². The predicted molar refractivity (Wildman–Crippen MR) is 128 cm³/mol. The van der Waals surface area contributed by atoms with Crippen molar-refractivity contribution in [3.8, 4) is 0 Å². The van der Waals surface area contributed by atoms with E-state index in [-0.39, 0.29) is 40.5 Å². The molecule has 0 aliphatic carbocycles. The van der Waals surface area contributed by atoms with Gasteiger partial charge < -0.3 is 4.40 Å². The normalized spacial score (nSPS) is 12.5. The van der Waals surface area contributed by atoms with E-state index in [1.165, 1.54) is 35.0 Å². The van der Waals surface area contributed by atoms with Crippen LogP contribution in [0, 0.1) is 12.7 Å². The van der Waals surface area contributed by atoms with Crippen molar-refractivity contribution in [1.82, 2.24) is 9.83 Å². The molecule has 182 valence electrons. The highest BCUT2D eigenvalue weighted by Crippen LogP contribution is 2.35. The first kappa shape index (κ1) is 25.6. The number of amides is 1. The largest absolute Gasteiger partial charge is 0.310 e. The number of fused-ring (bicyclic) bond motifs is 1. The van der Waals surface area contributed by atoms with E-state index in [0.717, 1.165) is 0 Å². The molecular formula is C23H26FN3O5S2. The molecule has 3 aromatic rings. The highest BCUT2D eigenvalue weighted by Gasteiger charge is 2.37. The van der Waals surface area contributed by atoms with E-state index in [2.05, 4.69) is 10.5 Å². The summed E-state index contributed by atoms with van der Waals surface area (Å²) in [6.45, 7) is 4.99. The van der Waals surface area contributed by atoms with Gasteiger partial charge in [-0.15, -0.1) is 0 Å². The number of nitrogens with zero attached hydrogens (tertiary/aromatic N) is 2. The number of hydrogen-bond acceptors (Lipinski definition) is 6. The summed E-state index contributed by atoms with van der Waals surface area (Å²) in [5.41, 5.74) is 2.95. The molecule has 11 heteroatoms. The van der Waals surface area contributed by atoms with E-state index >= 15 is 0 Å². The van der Waals surface area contributed by atoms with Gasteiger partial charge in [-0.05, 0) is 49.1 Å². The topological polar surface area (TPSA) is 114 Å². The first-order valence-corrected chi connectivity index (χ1v) is 14.0. The summed E-state index contributed by atoms with van der Waals surface area (Å²) in [4.78, 5) is 12.3. The molecule has 34 heavy (non-hydrogen) atoms. The minimum absolute atomic E-state index is 0.143. The van der Waals surface area contributed by atoms with Crippen LogP contribution in [0.5, 0.6) is 0 Å². The zero-order valence-electron chi connectivity index (χ0n) is 19.1. The summed E-state index contributed by atoms with van der Waals surface area (Å²) in [6, 6.07) is 8.76. The second-order valence-electron chi connectivity index (χ2n) is 7.81. The molecule has 2 heterocycles. The molecule has 0 spiro atoms. The molecule has 3 rings (SSSR count). The third kappa shape index (κ3) is 5.05. The summed E-state index contributed by atoms with van der Waals surface area (Å²) in [5.74, 6) is -1.98. The Hall–Kier alpha value is -3.05. The van der Waals surface area contributed by atoms with Gasteiger partial charge in [0.1, 0.15) is 21.3 Å². The first-order valence-electron chi connectivity index (χ1n) is 10.7. The van der Waals surface area contributed by atoms with Crippen LogP contribution in [0.4, 0.5) is 4.39 Å². The number of hydrogen-bond donors (Lipinski definition) is 1. The minimum atomic E-state index is -4.14. The summed E-state index contributed by atoms with van der Waals surface area (Å²) in [6.07, 6.45) is 3.16. The van der Waals surface area contributed by atoms with Gasteiger partial charge in [0.2, 0.25) is 0 Å². The lowest BCUT2D eigenvalue weighted by atomic mass is 10.2. The van der Waals surface area contributed by atoms with Gasteiger partial charge >= 0.3 is 0 Å². The van der Waals surface area contributed by atoms with Crippen LogP contribution in [0.2, 0.25) is 0 Å². The Balaban J connectivity index is 2.26. The minimum Gasteiger partial charge on any atom is -0.310 e. The second-order valence-corrected chi connectivity index (χ2v) is 11.9. The van der Waals surface area contributed by atoms with Gasteiger partial charge in [-0.1, -0.05) is 32.0 Å². The summed E-state index contributed by atoms with van der Waals surface area (Å²) in [5, 5.41) is 3.82. The third-order valence-corrected chi connectivity index (χ3v) is 9.14. The Morgan fingerprint density at radius 2 is 1.68 bits per heavy atom. The standard InChI is InChI=1S/C23H26FN3O5S2/c1-4-12-33(29,30)21-19-16(3)8-7-11-27(19)20(22(21)34(31,32)13-5-2)23(28)26-25-15-17-9-6-10-18(24)14-17/h6-11,14-15H,4-5,12-13H2,1-3H3,(H,26,28). The van der Waals surface area contributed by atoms with Crippen molar-refractivity contribution in [2.75, 3.05) is 11.5 Å². The Kier molecular flexibility index (Phi) is 7.57. The number of rotatable bonds is 9. The monoisotopic (exact) mass is 507 g/mol. The maximum absolute atomic E-state index is 13.4. The van der Waals surface area contributed by atoms with E-state index in [1.807, 2.05) is 0 Å². The fraction of sp³-hybridized carbons (Fsp3) is 0.304. The number of halogens is 1. The maximum atomic E-state index is 13.4. The van der Waals surface area contributed by atoms with Crippen molar-refractivity contribution in [2.45, 2.75) is 43.4 Å². The third-order valence-electron chi connectivity index (χ3n) is 5.08. The smallest absolute Gasteiger partial charge is 0.289 e. The lowest BCUT2D eigenvalue weighted by molar-refractivity contribution is 0.0945. The van der Waals surface area contributed by atoms with E-state index in [0.29, 0.717) is 11.1 Å². The summed E-state index contributed by atoms with van der Waals surface area (Å²) >= 11 is 0. The molecule has 2 aromatic heterocycles. The molecular weight excluding hydrogens is 481 g/mol. The van der Waals surface area contributed by atoms with Crippen LogP contribution in [0.3, 0.4) is 0 Å². The van der Waals surface area contributed by atoms with Crippen molar-refractivity contribution < 1.29 is 26.0 Å². The van der Waals surface area contributed by atoms with Crippen molar-refractivity contribution in [3.63, 3.8) is 0 Å². The first-order chi connectivity index (χ1) is 16.0. The van der Waals surface area contributed by atoms with Gasteiger partial charge in [0.25, 0.3) is 5.91 Å². The molecule has 0 unspecified atom stereocenters. The molecule has 0 radical (unpaired) electrons. The van der Waals surface area contributed by atoms with Crippen molar-refractivity contribution in [2.24, 2.45) is 5.10 Å². The fourth-order valence-electron chi connectivity index (χ4n) is 3.75. The highest BCUT2D eigenvalue weighted by atomic mass is 32.2. The van der Waals surface area contributed by atoms with Crippen LogP contribution in [0.15, 0.2) is 57.5 Å². The zero-order chi connectivity index (χ0) is 25.1. The van der Waals surface area contributed by atoms with E-state index in [9.17, 15) is 26.0 Å². The van der Waals surface area contributed by atoms with E-state index in [1.54, 1.807) is 39.0 Å². The summed E-state index contributed by atoms with van der Waals surface area (Å²) < 4.78 is 67.8. The number of pyridine rings is 1. The molecule has 1 amide bonds. The number of aryl methyl sites for hydroxylation is 1. The Bertz CT molecular complexity index is 1480. The van der Waals surface area contributed by atoms with E-state index < -0.39 is 36.3 Å². The molecule has 0 saturated carbocycles. The van der Waals surface area contributed by atoms with Crippen LogP contribution in [0.25, 0.3) is 5.52 Å². The molecule has 1 N–H and O–H groups in total. The molecule has 0 fully saturated rings. The van der Waals surface area contributed by atoms with Crippen LogP contribution in [-0.4, -0.2) is 44.9 Å². The lowest BCUT2D eigenvalue weighted by Crippen LogP contribution is -2.23. The van der Waals surface area contributed by atoms with Crippen LogP contribution in [-0.2, 0) is 19.7 Å². The number of nitrogens with one attached hydrogen (secondary N) is 1. The van der Waals surface area contributed by atoms with Crippen molar-refractivity contribution in [1.29, 1.82) is 0 Å². The van der Waals surface area contributed by atoms with Crippen molar-refractivity contribution >= 4 is 37.3 Å². The van der Waals surface area contributed by atoms with Crippen molar-refractivity contribution in [3.05, 3.63) is 65.2 Å². The van der Waals surface area contributed by atoms with Gasteiger partial charge in [-0.3, -0.25) is 4.79 Å². The molecule has 0 aliphatic heterocycles. The Labute approximate surface area is 198 Å². The average molecular weight is 508 g/mol. The molecule has 8 nitrogen and oxygen atoms in total. The van der Waals surface area contributed by atoms with Gasteiger partial charge in [-0.2, -0.15) is 5.10 Å². The SMILES string of the molecule is CCCS(=O)(=O)c1c(S(=O)(=O)CCC)c2c(C)cccn2c1C(=O)NN=Cc1cccc(F)c1. The Morgan fingerprint density at radius 3 is 2.29 bits per heavy atom. The number of aromatic nitrogens is 1. The second kappa shape index (κ2) is 10.1. The van der Waals surface area contributed by atoms with E-state index in [4.69, 9.17) is 0 Å². The van der Waals surface area contributed by atoms with Gasteiger partial charge in [0.05, 0.1) is 23.2 Å². The summed E-state index contributed by atoms with van der Waals surface area (Å²) in [7, 11) is -8.17. The van der Waals surface area contributed by atoms with Gasteiger partial charge in [0.15, 0.2) is 19.7 Å². The zero-order valence-corrected chi connectivity index (χ0v) is 20.7. The van der Waals surface area contributed by atoms with Crippen LogP contribution >= 0.6 is 0 Å². The highest BCUT2D eigenvalue weighted by molar-refractivity contribution is 7.94. The fourth-order valence-corrected chi connectivity index (χ4v) is 7.80. The number of carbonyl (C=O) groups excluding carboxylic acids is 1. The van der Waals surface area contributed by atoms with Gasteiger partial charge in [-0.25, -0.2) is 26.7 Å². The van der Waals surface area contributed by atoms with Crippen LogP contribution < -0.4 is 5.43 Å². The lowest BCUT2D eigenvalue weighted by Gasteiger charge is -2.09. The van der Waals surface area contributed by atoms with Gasteiger partial charge in [0, 0.05) is 6.20 Å². The molecule has 1 aromatic carbocycles. The number of sulfone groups is 2. The average Bonchev–Trinajstić information content (AvgIpc) is 3.12. The number of carbonyl (C=O) groups is 1. The number of benzene rings is 1.